The first-order chi connectivity index (χ1) is 11.0. The first-order valence-corrected chi connectivity index (χ1v) is 8.48. The van der Waals surface area contributed by atoms with Crippen LogP contribution < -0.4 is 15.8 Å². The van der Waals surface area contributed by atoms with E-state index in [1.165, 1.54) is 0 Å². The Morgan fingerprint density at radius 1 is 1.30 bits per heavy atom. The highest BCUT2D eigenvalue weighted by Crippen LogP contribution is 2.31. The van der Waals surface area contributed by atoms with Crippen LogP contribution in [-0.2, 0) is 4.79 Å². The van der Waals surface area contributed by atoms with Crippen molar-refractivity contribution < 1.29 is 9.53 Å². The van der Waals surface area contributed by atoms with Crippen LogP contribution in [0.15, 0.2) is 41.3 Å². The summed E-state index contributed by atoms with van der Waals surface area (Å²) in [6.45, 7) is 1.88. The average Bonchev–Trinajstić information content (AvgIpc) is 2.52. The number of nitrogens with two attached hydrogens (primary N) is 1. The van der Waals surface area contributed by atoms with E-state index >= 15 is 0 Å². The van der Waals surface area contributed by atoms with E-state index in [0.29, 0.717) is 28.6 Å². The van der Waals surface area contributed by atoms with Crippen LogP contribution in [0, 0.1) is 6.92 Å². The number of aryl methyl sites for hydroxylation is 1. The third-order valence-corrected chi connectivity index (χ3v) is 4.65. The molecule has 0 atom stereocenters. The van der Waals surface area contributed by atoms with E-state index < -0.39 is 0 Å². The van der Waals surface area contributed by atoms with Crippen LogP contribution in [0.25, 0.3) is 0 Å². The van der Waals surface area contributed by atoms with E-state index in [1.54, 1.807) is 24.9 Å². The van der Waals surface area contributed by atoms with E-state index in [0.717, 1.165) is 16.1 Å². The summed E-state index contributed by atoms with van der Waals surface area (Å²) in [5.41, 5.74) is 7.90. The van der Waals surface area contributed by atoms with Crippen LogP contribution in [0.5, 0.6) is 5.75 Å². The molecule has 0 radical (unpaired) electrons. The summed E-state index contributed by atoms with van der Waals surface area (Å²) in [6, 6.07) is 11.1. The molecule has 122 valence electrons. The molecule has 0 bridgehead atoms. The van der Waals surface area contributed by atoms with Crippen molar-refractivity contribution in [1.82, 2.24) is 0 Å². The lowest BCUT2D eigenvalue weighted by molar-refractivity contribution is -0.115. The molecule has 4 nitrogen and oxygen atoms in total. The largest absolute Gasteiger partial charge is 0.495 e. The minimum absolute atomic E-state index is 0.0621. The second-order valence-electron chi connectivity index (χ2n) is 5.02. The maximum absolute atomic E-state index is 12.1. The predicted octanol–water partition coefficient (Wildman–Crippen LogP) is 4.36. The van der Waals surface area contributed by atoms with Crippen LogP contribution in [-0.4, -0.2) is 18.8 Å². The minimum atomic E-state index is -0.0621. The normalized spacial score (nSPS) is 10.4. The molecule has 1 amide bonds. The van der Waals surface area contributed by atoms with Crippen molar-refractivity contribution in [2.45, 2.75) is 18.2 Å². The lowest BCUT2D eigenvalue weighted by atomic mass is 10.2. The Morgan fingerprint density at radius 3 is 2.65 bits per heavy atom. The van der Waals surface area contributed by atoms with E-state index in [-0.39, 0.29) is 5.91 Å². The molecule has 0 aliphatic heterocycles. The number of carbonyl (C=O) groups excluding carboxylic acids is 1. The van der Waals surface area contributed by atoms with Crippen molar-refractivity contribution in [1.29, 1.82) is 0 Å². The number of hydrogen-bond acceptors (Lipinski definition) is 4. The predicted molar refractivity (Wildman–Crippen MR) is 97.6 cm³/mol. The first kappa shape index (κ1) is 17.5. The maximum atomic E-state index is 12.1. The molecule has 23 heavy (non-hydrogen) atoms. The van der Waals surface area contributed by atoms with Gasteiger partial charge in [-0.15, -0.1) is 11.8 Å². The maximum Gasteiger partial charge on any atom is 0.225 e. The van der Waals surface area contributed by atoms with Crippen LogP contribution in [0.1, 0.15) is 12.0 Å². The molecule has 0 spiro atoms. The monoisotopic (exact) mass is 350 g/mol. The molecule has 3 N–H and O–H groups in total. The number of nitrogens with one attached hydrogen (secondary N) is 1. The summed E-state index contributed by atoms with van der Waals surface area (Å²) < 4.78 is 5.25. The second-order valence-corrected chi connectivity index (χ2v) is 6.59. The zero-order chi connectivity index (χ0) is 16.8. The van der Waals surface area contributed by atoms with Crippen molar-refractivity contribution in [2.24, 2.45) is 0 Å². The van der Waals surface area contributed by atoms with Gasteiger partial charge in [-0.2, -0.15) is 0 Å². The lowest BCUT2D eigenvalue weighted by Gasteiger charge is -2.12. The third kappa shape index (κ3) is 5.08. The smallest absolute Gasteiger partial charge is 0.225 e. The molecule has 0 saturated heterocycles. The van der Waals surface area contributed by atoms with Crippen LogP contribution in [0.4, 0.5) is 11.4 Å². The fraction of sp³-hybridized carbons (Fsp3) is 0.235. The molecular weight excluding hydrogens is 332 g/mol. The highest BCUT2D eigenvalue weighted by atomic mass is 35.5. The molecule has 0 unspecified atom stereocenters. The summed E-state index contributed by atoms with van der Waals surface area (Å²) in [4.78, 5) is 13.2. The van der Waals surface area contributed by atoms with E-state index in [9.17, 15) is 4.79 Å². The third-order valence-electron chi connectivity index (χ3n) is 3.23. The van der Waals surface area contributed by atoms with Gasteiger partial charge in [0.25, 0.3) is 0 Å². The Hall–Kier alpha value is -1.85. The molecule has 0 aromatic heterocycles. The lowest BCUT2D eigenvalue weighted by Crippen LogP contribution is -2.13. The number of benzene rings is 2. The summed E-state index contributed by atoms with van der Waals surface area (Å²) >= 11 is 7.67. The number of amides is 1. The Labute approximate surface area is 145 Å². The van der Waals surface area contributed by atoms with Gasteiger partial charge in [-0.3, -0.25) is 4.79 Å². The van der Waals surface area contributed by atoms with Crippen molar-refractivity contribution in [3.63, 3.8) is 0 Å². The molecule has 0 saturated carbocycles. The summed E-state index contributed by atoms with van der Waals surface area (Å²) in [5, 5.41) is 3.48. The number of anilines is 2. The Balaban J connectivity index is 1.89. The van der Waals surface area contributed by atoms with Crippen molar-refractivity contribution >= 4 is 40.6 Å². The number of halogens is 1. The number of methoxy groups -OCH3 is 1. The number of ether oxygens (including phenoxy) is 1. The molecule has 0 aliphatic rings. The SMILES string of the molecule is COc1cc(Cl)c(C)cc1NC(=O)CCSc1ccc(N)cc1. The van der Waals surface area contributed by atoms with Gasteiger partial charge in [0.15, 0.2) is 0 Å². The molecule has 6 heteroatoms. The van der Waals surface area contributed by atoms with Gasteiger partial charge in [-0.1, -0.05) is 11.6 Å². The zero-order valence-electron chi connectivity index (χ0n) is 13.1. The molecule has 0 heterocycles. The fourth-order valence-corrected chi connectivity index (χ4v) is 2.97. The van der Waals surface area contributed by atoms with E-state index in [4.69, 9.17) is 22.1 Å². The minimum Gasteiger partial charge on any atom is -0.495 e. The van der Waals surface area contributed by atoms with Gasteiger partial charge < -0.3 is 15.8 Å². The van der Waals surface area contributed by atoms with E-state index in [2.05, 4.69) is 5.32 Å². The van der Waals surface area contributed by atoms with Gasteiger partial charge in [0.05, 0.1) is 12.8 Å². The summed E-state index contributed by atoms with van der Waals surface area (Å²) in [6.07, 6.45) is 0.403. The van der Waals surface area contributed by atoms with Crippen molar-refractivity contribution in [2.75, 3.05) is 23.9 Å². The van der Waals surface area contributed by atoms with Gasteiger partial charge in [0.1, 0.15) is 5.75 Å². The van der Waals surface area contributed by atoms with Gasteiger partial charge >= 0.3 is 0 Å². The first-order valence-electron chi connectivity index (χ1n) is 7.12. The molecular formula is C17H19ClN2O2S. The van der Waals surface area contributed by atoms with Crippen molar-refractivity contribution in [3.05, 3.63) is 47.0 Å². The zero-order valence-corrected chi connectivity index (χ0v) is 14.6. The Morgan fingerprint density at radius 2 is 2.00 bits per heavy atom. The summed E-state index contributed by atoms with van der Waals surface area (Å²) in [5.74, 6) is 1.18. The average molecular weight is 351 g/mol. The number of nitrogen functional groups attached to an aromatic ring is 1. The van der Waals surface area contributed by atoms with Crippen molar-refractivity contribution in [3.8, 4) is 5.75 Å². The van der Waals surface area contributed by atoms with Gasteiger partial charge in [-0.05, 0) is 42.8 Å². The molecule has 0 aliphatic carbocycles. The Bertz CT molecular complexity index is 690. The molecule has 2 rings (SSSR count). The van der Waals surface area contributed by atoms with Gasteiger partial charge in [0.2, 0.25) is 5.91 Å². The quantitative estimate of drug-likeness (QED) is 0.600. The van der Waals surface area contributed by atoms with Crippen LogP contribution in [0.2, 0.25) is 5.02 Å². The number of hydrogen-bond donors (Lipinski definition) is 2. The second kappa shape index (κ2) is 8.13. The standard InChI is InChI=1S/C17H19ClN2O2S/c1-11-9-15(16(22-2)10-14(11)18)20-17(21)7-8-23-13-5-3-12(19)4-6-13/h3-6,9-10H,7-8,19H2,1-2H3,(H,20,21). The molecule has 2 aromatic rings. The van der Waals surface area contributed by atoms with Gasteiger partial charge in [-0.25, -0.2) is 0 Å². The molecule has 0 fully saturated rings. The van der Waals surface area contributed by atoms with Gasteiger partial charge in [0, 0.05) is 33.8 Å². The Kier molecular flexibility index (Phi) is 6.19. The number of thioether (sulfide) groups is 1. The molecule has 2 aromatic carbocycles. The number of rotatable bonds is 6. The van der Waals surface area contributed by atoms with Crippen LogP contribution in [0.3, 0.4) is 0 Å². The highest BCUT2D eigenvalue weighted by Gasteiger charge is 2.10. The topological polar surface area (TPSA) is 64.3 Å². The van der Waals surface area contributed by atoms with Crippen LogP contribution >= 0.6 is 23.4 Å². The summed E-state index contributed by atoms with van der Waals surface area (Å²) in [7, 11) is 1.55. The highest BCUT2D eigenvalue weighted by molar-refractivity contribution is 7.99. The number of carbonyl (C=O) groups is 1. The fourth-order valence-electron chi connectivity index (χ4n) is 1.97. The van der Waals surface area contributed by atoms with E-state index in [1.807, 2.05) is 37.3 Å².